The highest BCUT2D eigenvalue weighted by molar-refractivity contribution is 9.10. The smallest absolute Gasteiger partial charge is 0.261 e. The molecule has 0 aliphatic carbocycles. The zero-order chi connectivity index (χ0) is 22.3. The molecule has 0 heterocycles. The first-order valence-corrected chi connectivity index (χ1v) is 11.1. The van der Waals surface area contributed by atoms with Crippen LogP contribution in [0.25, 0.3) is 0 Å². The molecule has 0 aliphatic heterocycles. The van der Waals surface area contributed by atoms with Crippen LogP contribution in [-0.4, -0.2) is 35.9 Å². The third kappa shape index (κ3) is 7.49. The molecule has 0 fully saturated rings. The number of hydrogen-bond donors (Lipinski definition) is 1. The number of amides is 2. The summed E-state index contributed by atoms with van der Waals surface area (Å²) in [6.45, 7) is 6.28. The van der Waals surface area contributed by atoms with Gasteiger partial charge in [-0.25, -0.2) is 0 Å². The second kappa shape index (κ2) is 11.6. The highest BCUT2D eigenvalue weighted by Gasteiger charge is 2.26. The maximum absolute atomic E-state index is 13.0. The van der Waals surface area contributed by atoms with E-state index < -0.39 is 6.04 Å². The lowest BCUT2D eigenvalue weighted by atomic mass is 10.1. The number of benzene rings is 2. The lowest BCUT2D eigenvalue weighted by Gasteiger charge is -2.29. The molecule has 2 rings (SSSR count). The van der Waals surface area contributed by atoms with Gasteiger partial charge in [0.25, 0.3) is 5.91 Å². The molecular weight excluding hydrogens is 491 g/mol. The first kappa shape index (κ1) is 24.5. The van der Waals surface area contributed by atoms with Crippen LogP contribution >= 0.6 is 39.1 Å². The Balaban J connectivity index is 2.14. The fourth-order valence-corrected chi connectivity index (χ4v) is 3.49. The van der Waals surface area contributed by atoms with E-state index in [1.807, 2.05) is 26.0 Å². The average Bonchev–Trinajstić information content (AvgIpc) is 2.70. The number of ether oxygens (including phenoxy) is 1. The van der Waals surface area contributed by atoms with Crippen LogP contribution in [0.15, 0.2) is 46.9 Å². The topological polar surface area (TPSA) is 58.6 Å². The number of halogens is 3. The van der Waals surface area contributed by atoms with E-state index in [4.69, 9.17) is 27.9 Å². The Kier molecular flexibility index (Phi) is 9.46. The molecule has 0 saturated heterocycles. The third-order valence-corrected chi connectivity index (χ3v) is 5.40. The van der Waals surface area contributed by atoms with Gasteiger partial charge in [0.05, 0.1) is 5.02 Å². The van der Waals surface area contributed by atoms with E-state index in [2.05, 4.69) is 21.2 Å². The fraction of sp³-hybridized carbons (Fsp3) is 0.364. The van der Waals surface area contributed by atoms with Crippen LogP contribution < -0.4 is 10.1 Å². The second-order valence-corrected chi connectivity index (χ2v) is 9.09. The summed E-state index contributed by atoms with van der Waals surface area (Å²) in [5.41, 5.74) is 0.859. The molecule has 0 radical (unpaired) electrons. The van der Waals surface area contributed by atoms with Gasteiger partial charge in [-0.1, -0.05) is 65.1 Å². The minimum atomic E-state index is -0.670. The molecule has 30 heavy (non-hydrogen) atoms. The Hall–Kier alpha value is -1.76. The summed E-state index contributed by atoms with van der Waals surface area (Å²) in [4.78, 5) is 27.1. The highest BCUT2D eigenvalue weighted by atomic mass is 79.9. The number of nitrogens with zero attached hydrogens (tertiary/aromatic N) is 1. The van der Waals surface area contributed by atoms with E-state index in [9.17, 15) is 9.59 Å². The van der Waals surface area contributed by atoms with Gasteiger partial charge in [-0.15, -0.1) is 0 Å². The number of carbonyl (C=O) groups excluding carboxylic acids is 2. The lowest BCUT2D eigenvalue weighted by Crippen LogP contribution is -2.49. The minimum absolute atomic E-state index is 0.215. The molecule has 0 unspecified atom stereocenters. The van der Waals surface area contributed by atoms with Crippen molar-refractivity contribution in [2.45, 2.75) is 33.4 Å². The summed E-state index contributed by atoms with van der Waals surface area (Å²) >= 11 is 15.5. The molecule has 2 amide bonds. The quantitative estimate of drug-likeness (QED) is 0.491. The van der Waals surface area contributed by atoms with Crippen molar-refractivity contribution < 1.29 is 14.3 Å². The molecule has 0 bridgehead atoms. The summed E-state index contributed by atoms with van der Waals surface area (Å²) in [6, 6.07) is 11.6. The SMILES string of the molecule is CC(C)CNC(=O)[C@@H](C)N(Cc1ccc(Cl)cc1)C(=O)COc1ccc(Br)cc1Cl. The lowest BCUT2D eigenvalue weighted by molar-refractivity contribution is -0.142. The molecule has 0 spiro atoms. The molecule has 1 atom stereocenters. The van der Waals surface area contributed by atoms with Crippen molar-refractivity contribution in [3.05, 3.63) is 62.5 Å². The van der Waals surface area contributed by atoms with Crippen molar-refractivity contribution in [3.8, 4) is 5.75 Å². The average molecular weight is 516 g/mol. The Morgan fingerprint density at radius 1 is 1.10 bits per heavy atom. The van der Waals surface area contributed by atoms with Gasteiger partial charge in [0.15, 0.2) is 6.61 Å². The number of nitrogens with one attached hydrogen (secondary N) is 1. The van der Waals surface area contributed by atoms with Crippen LogP contribution in [0.5, 0.6) is 5.75 Å². The third-order valence-electron chi connectivity index (χ3n) is 4.36. The Morgan fingerprint density at radius 3 is 2.37 bits per heavy atom. The van der Waals surface area contributed by atoms with Crippen molar-refractivity contribution in [2.75, 3.05) is 13.2 Å². The predicted molar refractivity (Wildman–Crippen MR) is 124 cm³/mol. The second-order valence-electron chi connectivity index (χ2n) is 7.33. The van der Waals surface area contributed by atoms with Crippen LogP contribution in [0.1, 0.15) is 26.3 Å². The van der Waals surface area contributed by atoms with Gasteiger partial charge in [-0.3, -0.25) is 9.59 Å². The van der Waals surface area contributed by atoms with Crippen molar-refractivity contribution in [1.82, 2.24) is 10.2 Å². The Bertz CT molecular complexity index is 875. The van der Waals surface area contributed by atoms with E-state index in [0.29, 0.717) is 28.3 Å². The van der Waals surface area contributed by atoms with Gasteiger partial charge in [0.2, 0.25) is 5.91 Å². The fourth-order valence-electron chi connectivity index (χ4n) is 2.64. The molecule has 0 aromatic heterocycles. The van der Waals surface area contributed by atoms with Crippen molar-refractivity contribution >= 4 is 50.9 Å². The van der Waals surface area contributed by atoms with E-state index in [-0.39, 0.29) is 25.0 Å². The summed E-state index contributed by atoms with van der Waals surface area (Å²) in [5, 5.41) is 3.88. The van der Waals surface area contributed by atoms with Gasteiger partial charge in [0.1, 0.15) is 11.8 Å². The van der Waals surface area contributed by atoms with Gasteiger partial charge in [-0.05, 0) is 48.7 Å². The van der Waals surface area contributed by atoms with E-state index in [0.717, 1.165) is 10.0 Å². The van der Waals surface area contributed by atoms with Gasteiger partial charge >= 0.3 is 0 Å². The summed E-state index contributed by atoms with van der Waals surface area (Å²) in [7, 11) is 0. The molecule has 2 aromatic rings. The maximum Gasteiger partial charge on any atom is 0.261 e. The van der Waals surface area contributed by atoms with Crippen LogP contribution in [0.4, 0.5) is 0 Å². The van der Waals surface area contributed by atoms with Gasteiger partial charge in [0, 0.05) is 22.6 Å². The number of hydrogen-bond acceptors (Lipinski definition) is 3. The molecule has 162 valence electrons. The van der Waals surface area contributed by atoms with Crippen LogP contribution in [0.2, 0.25) is 10.0 Å². The summed E-state index contributed by atoms with van der Waals surface area (Å²) in [6.07, 6.45) is 0. The zero-order valence-electron chi connectivity index (χ0n) is 17.1. The van der Waals surface area contributed by atoms with Gasteiger partial charge in [-0.2, -0.15) is 0 Å². The molecule has 0 saturated carbocycles. The highest BCUT2D eigenvalue weighted by Crippen LogP contribution is 2.27. The molecule has 1 N–H and O–H groups in total. The van der Waals surface area contributed by atoms with E-state index in [1.54, 1.807) is 37.3 Å². The number of rotatable bonds is 9. The Morgan fingerprint density at radius 2 is 1.77 bits per heavy atom. The maximum atomic E-state index is 13.0. The Labute approximate surface area is 195 Å². The van der Waals surface area contributed by atoms with E-state index >= 15 is 0 Å². The van der Waals surface area contributed by atoms with E-state index in [1.165, 1.54) is 4.90 Å². The normalized spacial score (nSPS) is 11.8. The molecular formula is C22H25BrCl2N2O3. The summed E-state index contributed by atoms with van der Waals surface area (Å²) < 4.78 is 6.43. The predicted octanol–water partition coefficient (Wildman–Crippen LogP) is 5.32. The first-order valence-electron chi connectivity index (χ1n) is 9.57. The molecule has 0 aliphatic rings. The zero-order valence-corrected chi connectivity index (χ0v) is 20.2. The first-order chi connectivity index (χ1) is 14.2. The van der Waals surface area contributed by atoms with Crippen LogP contribution in [-0.2, 0) is 16.1 Å². The van der Waals surface area contributed by atoms with Crippen molar-refractivity contribution in [2.24, 2.45) is 5.92 Å². The molecule has 8 heteroatoms. The van der Waals surface area contributed by atoms with Crippen LogP contribution in [0.3, 0.4) is 0 Å². The van der Waals surface area contributed by atoms with Crippen molar-refractivity contribution in [3.63, 3.8) is 0 Å². The number of carbonyl (C=O) groups is 2. The largest absolute Gasteiger partial charge is 0.482 e. The standard InChI is InChI=1S/C22H25BrCl2N2O3/c1-14(2)11-26-22(29)15(3)27(12-16-4-7-18(24)8-5-16)21(28)13-30-20-9-6-17(23)10-19(20)25/h4-10,14-15H,11-13H2,1-3H3,(H,26,29)/t15-/m1/s1. The molecule has 2 aromatic carbocycles. The van der Waals surface area contributed by atoms with Crippen LogP contribution in [0, 0.1) is 5.92 Å². The molecule has 5 nitrogen and oxygen atoms in total. The summed E-state index contributed by atoms with van der Waals surface area (Å²) in [5.74, 6) is 0.171. The van der Waals surface area contributed by atoms with Crippen molar-refractivity contribution in [1.29, 1.82) is 0 Å². The monoisotopic (exact) mass is 514 g/mol. The van der Waals surface area contributed by atoms with Gasteiger partial charge < -0.3 is 15.0 Å². The minimum Gasteiger partial charge on any atom is -0.482 e.